The minimum atomic E-state index is -0.201. The highest BCUT2D eigenvalue weighted by molar-refractivity contribution is 9.10. The molecule has 2 aliphatic rings. The van der Waals surface area contributed by atoms with Crippen molar-refractivity contribution in [2.75, 3.05) is 38.3 Å². The number of aromatic amines is 2. The van der Waals surface area contributed by atoms with E-state index in [-0.39, 0.29) is 11.9 Å². The second kappa shape index (κ2) is 9.19. The minimum absolute atomic E-state index is 0.0647. The standard InChI is InChI=1S/C24H31BrN6O2/c1-4-15-5-6-19-17(11-15)21(29-28-19)23-26-20-13-16(12-18(25)22(20)27-23)30(3)24(32)14(2)31-7-9-33-10-8-31/h12-15H,4-11H2,1-3H3,(H,26,27)(H,28,29)/t14-,15-/m0/s1. The van der Waals surface area contributed by atoms with E-state index in [9.17, 15) is 4.79 Å². The third-order valence-corrected chi connectivity index (χ3v) is 7.85. The van der Waals surface area contributed by atoms with Gasteiger partial charge < -0.3 is 14.6 Å². The summed E-state index contributed by atoms with van der Waals surface area (Å²) < 4.78 is 6.28. The number of benzene rings is 1. The van der Waals surface area contributed by atoms with E-state index >= 15 is 0 Å². The van der Waals surface area contributed by atoms with E-state index in [1.54, 1.807) is 4.90 Å². The number of amides is 1. The summed E-state index contributed by atoms with van der Waals surface area (Å²) in [6.07, 6.45) is 4.48. The van der Waals surface area contributed by atoms with Crippen LogP contribution in [0.1, 0.15) is 37.9 Å². The van der Waals surface area contributed by atoms with Crippen molar-refractivity contribution in [1.82, 2.24) is 25.1 Å². The number of anilines is 1. The molecule has 1 amide bonds. The maximum Gasteiger partial charge on any atom is 0.243 e. The molecule has 2 atom stereocenters. The van der Waals surface area contributed by atoms with Crippen LogP contribution in [-0.2, 0) is 22.4 Å². The molecule has 0 unspecified atom stereocenters. The Morgan fingerprint density at radius 2 is 2.15 bits per heavy atom. The van der Waals surface area contributed by atoms with Crippen molar-refractivity contribution >= 4 is 38.6 Å². The van der Waals surface area contributed by atoms with Gasteiger partial charge in [-0.1, -0.05) is 13.3 Å². The van der Waals surface area contributed by atoms with Gasteiger partial charge in [0.15, 0.2) is 5.82 Å². The topological polar surface area (TPSA) is 90.1 Å². The fourth-order valence-corrected chi connectivity index (χ4v) is 5.54. The number of aryl methyl sites for hydroxylation is 1. The highest BCUT2D eigenvalue weighted by Gasteiger charge is 2.28. The van der Waals surface area contributed by atoms with E-state index in [4.69, 9.17) is 9.72 Å². The van der Waals surface area contributed by atoms with Crippen molar-refractivity contribution in [3.05, 3.63) is 27.9 Å². The number of aromatic nitrogens is 4. The molecule has 0 spiro atoms. The second-order valence-electron chi connectivity index (χ2n) is 9.18. The molecule has 8 nitrogen and oxygen atoms in total. The number of likely N-dealkylation sites (N-methyl/N-ethyl adjacent to an activating group) is 1. The van der Waals surface area contributed by atoms with Crippen LogP contribution >= 0.6 is 15.9 Å². The van der Waals surface area contributed by atoms with Gasteiger partial charge in [0, 0.05) is 41.6 Å². The maximum atomic E-state index is 13.2. The highest BCUT2D eigenvalue weighted by Crippen LogP contribution is 2.35. The van der Waals surface area contributed by atoms with Crippen molar-refractivity contribution in [2.24, 2.45) is 5.92 Å². The molecule has 0 bridgehead atoms. The predicted octanol–water partition coefficient (Wildman–Crippen LogP) is 3.91. The first kappa shape index (κ1) is 22.6. The molecule has 1 aliphatic carbocycles. The molecule has 3 heterocycles. The lowest BCUT2D eigenvalue weighted by atomic mass is 9.85. The van der Waals surface area contributed by atoms with Gasteiger partial charge in [0.25, 0.3) is 0 Å². The smallest absolute Gasteiger partial charge is 0.243 e. The van der Waals surface area contributed by atoms with Gasteiger partial charge in [-0.2, -0.15) is 5.10 Å². The lowest BCUT2D eigenvalue weighted by molar-refractivity contribution is -0.124. The van der Waals surface area contributed by atoms with Gasteiger partial charge in [-0.15, -0.1) is 0 Å². The Morgan fingerprint density at radius 3 is 2.91 bits per heavy atom. The molecule has 3 aromatic rings. The Hall–Kier alpha value is -2.23. The first-order valence-corrected chi connectivity index (χ1v) is 12.6. The average Bonchev–Trinajstić information content (AvgIpc) is 3.47. The van der Waals surface area contributed by atoms with Gasteiger partial charge in [-0.25, -0.2) is 4.98 Å². The number of fused-ring (bicyclic) bond motifs is 2. The lowest BCUT2D eigenvalue weighted by Crippen LogP contribution is -2.50. The van der Waals surface area contributed by atoms with Gasteiger partial charge in [0.1, 0.15) is 11.2 Å². The zero-order chi connectivity index (χ0) is 23.1. The van der Waals surface area contributed by atoms with E-state index in [0.29, 0.717) is 19.1 Å². The molecule has 2 aromatic heterocycles. The van der Waals surface area contributed by atoms with Gasteiger partial charge in [-0.05, 0) is 60.2 Å². The van der Waals surface area contributed by atoms with Gasteiger partial charge in [0.2, 0.25) is 5.91 Å². The normalized spacial score (nSPS) is 20.1. The Labute approximate surface area is 202 Å². The Kier molecular flexibility index (Phi) is 6.28. The summed E-state index contributed by atoms with van der Waals surface area (Å²) >= 11 is 3.68. The molecular formula is C24H31BrN6O2. The minimum Gasteiger partial charge on any atom is -0.379 e. The predicted molar refractivity (Wildman–Crippen MR) is 132 cm³/mol. The summed E-state index contributed by atoms with van der Waals surface area (Å²) in [4.78, 5) is 25.4. The second-order valence-corrected chi connectivity index (χ2v) is 10.0. The van der Waals surface area contributed by atoms with Crippen LogP contribution in [0.15, 0.2) is 16.6 Å². The molecule has 1 saturated heterocycles. The van der Waals surface area contributed by atoms with E-state index in [2.05, 4.69) is 42.9 Å². The fraction of sp³-hybridized carbons (Fsp3) is 0.542. The number of halogens is 1. The van der Waals surface area contributed by atoms with Crippen LogP contribution in [0.25, 0.3) is 22.6 Å². The van der Waals surface area contributed by atoms with Gasteiger partial charge in [-0.3, -0.25) is 14.8 Å². The van der Waals surface area contributed by atoms with Crippen LogP contribution in [0.3, 0.4) is 0 Å². The third-order valence-electron chi connectivity index (χ3n) is 7.24. The van der Waals surface area contributed by atoms with Crippen LogP contribution in [0, 0.1) is 5.92 Å². The van der Waals surface area contributed by atoms with Gasteiger partial charge >= 0.3 is 0 Å². The fourth-order valence-electron chi connectivity index (χ4n) is 5.01. The van der Waals surface area contributed by atoms with Crippen molar-refractivity contribution in [3.63, 3.8) is 0 Å². The first-order chi connectivity index (χ1) is 16.0. The maximum absolute atomic E-state index is 13.2. The summed E-state index contributed by atoms with van der Waals surface area (Å²) in [5.74, 6) is 1.53. The van der Waals surface area contributed by atoms with Crippen LogP contribution in [0.5, 0.6) is 0 Å². The zero-order valence-corrected chi connectivity index (χ0v) is 21.0. The molecule has 2 N–H and O–H groups in total. The first-order valence-electron chi connectivity index (χ1n) is 11.8. The van der Waals surface area contributed by atoms with Gasteiger partial charge in [0.05, 0.1) is 24.8 Å². The van der Waals surface area contributed by atoms with Crippen molar-refractivity contribution < 1.29 is 9.53 Å². The molecule has 33 heavy (non-hydrogen) atoms. The summed E-state index contributed by atoms with van der Waals surface area (Å²) in [7, 11) is 1.83. The summed E-state index contributed by atoms with van der Waals surface area (Å²) in [6, 6.07) is 3.76. The van der Waals surface area contributed by atoms with E-state index in [1.165, 1.54) is 24.1 Å². The zero-order valence-electron chi connectivity index (χ0n) is 19.4. The molecule has 0 saturated carbocycles. The number of H-pyrrole nitrogens is 2. The number of nitrogens with zero attached hydrogens (tertiary/aromatic N) is 4. The van der Waals surface area contributed by atoms with Crippen LogP contribution in [0.4, 0.5) is 5.69 Å². The van der Waals surface area contributed by atoms with Crippen molar-refractivity contribution in [3.8, 4) is 11.5 Å². The van der Waals surface area contributed by atoms with Crippen molar-refractivity contribution in [1.29, 1.82) is 0 Å². The largest absolute Gasteiger partial charge is 0.379 e. The molecule has 1 aliphatic heterocycles. The number of hydrogen-bond acceptors (Lipinski definition) is 5. The quantitative estimate of drug-likeness (QED) is 0.538. The summed E-state index contributed by atoms with van der Waals surface area (Å²) in [6.45, 7) is 7.13. The third kappa shape index (κ3) is 4.22. The highest BCUT2D eigenvalue weighted by atomic mass is 79.9. The summed E-state index contributed by atoms with van der Waals surface area (Å²) in [5.41, 5.74) is 5.98. The molecule has 5 rings (SSSR count). The number of rotatable bonds is 5. The number of carbonyl (C=O) groups excluding carboxylic acids is 1. The number of morpholine rings is 1. The SMILES string of the molecule is CC[C@H]1CCc2[nH]nc(-c3nc4c(Br)cc(N(C)C(=O)[C@H](C)N5CCOCC5)cc4[nH]3)c2C1. The van der Waals surface area contributed by atoms with Crippen LogP contribution in [-0.4, -0.2) is 70.4 Å². The molecular weight excluding hydrogens is 484 g/mol. The molecule has 1 fully saturated rings. The molecule has 176 valence electrons. The van der Waals surface area contributed by atoms with E-state index in [1.807, 2.05) is 26.1 Å². The molecule has 0 radical (unpaired) electrons. The average molecular weight is 515 g/mol. The number of carbonyl (C=O) groups is 1. The lowest BCUT2D eigenvalue weighted by Gasteiger charge is -2.33. The number of ether oxygens (including phenoxy) is 1. The summed E-state index contributed by atoms with van der Waals surface area (Å²) in [5, 5.41) is 7.84. The Bertz CT molecular complexity index is 1170. The monoisotopic (exact) mass is 514 g/mol. The number of imidazole rings is 1. The van der Waals surface area contributed by atoms with Crippen LogP contribution in [0.2, 0.25) is 0 Å². The molecule has 9 heteroatoms. The van der Waals surface area contributed by atoms with Crippen LogP contribution < -0.4 is 4.90 Å². The number of hydrogen-bond donors (Lipinski definition) is 2. The Morgan fingerprint density at radius 1 is 1.36 bits per heavy atom. The number of nitrogens with one attached hydrogen (secondary N) is 2. The van der Waals surface area contributed by atoms with E-state index in [0.717, 1.165) is 58.6 Å². The van der Waals surface area contributed by atoms with Crippen molar-refractivity contribution in [2.45, 2.75) is 45.6 Å². The Balaban J connectivity index is 1.43. The molecule has 1 aromatic carbocycles. The van der Waals surface area contributed by atoms with E-state index < -0.39 is 0 Å².